The Morgan fingerprint density at radius 2 is 1.60 bits per heavy atom. The summed E-state index contributed by atoms with van der Waals surface area (Å²) in [5, 5.41) is 22.5. The van der Waals surface area contributed by atoms with Crippen LogP contribution in [0.1, 0.15) is 32.1 Å². The van der Waals surface area contributed by atoms with E-state index in [4.69, 9.17) is 21.7 Å². The van der Waals surface area contributed by atoms with Crippen LogP contribution < -0.4 is 22.1 Å². The van der Waals surface area contributed by atoms with Crippen LogP contribution in [0.4, 0.5) is 0 Å². The lowest BCUT2D eigenvalue weighted by atomic mass is 10.1. The maximum Gasteiger partial charge on any atom is 0.326 e. The second-order valence-corrected chi connectivity index (χ2v) is 5.84. The molecule has 0 aromatic rings. The number of amides is 2. The van der Waals surface area contributed by atoms with E-state index in [9.17, 15) is 19.2 Å². The highest BCUT2D eigenvalue weighted by Gasteiger charge is 2.25. The van der Waals surface area contributed by atoms with Gasteiger partial charge in [-0.1, -0.05) is 0 Å². The topological polar surface area (TPSA) is 185 Å². The molecule has 0 fully saturated rings. The average Bonchev–Trinajstić information content (AvgIpc) is 2.56. The molecule has 0 radical (unpaired) electrons. The summed E-state index contributed by atoms with van der Waals surface area (Å²) in [4.78, 5) is 45.7. The molecule has 0 aromatic carbocycles. The Labute approximate surface area is 151 Å². The first-order valence-corrected chi connectivity index (χ1v) is 8.48. The van der Waals surface area contributed by atoms with Crippen LogP contribution in [0.2, 0.25) is 0 Å². The highest BCUT2D eigenvalue weighted by molar-refractivity contribution is 7.80. The van der Waals surface area contributed by atoms with E-state index in [0.717, 1.165) is 0 Å². The largest absolute Gasteiger partial charge is 0.480 e. The van der Waals surface area contributed by atoms with Gasteiger partial charge in [-0.05, 0) is 32.2 Å². The Kier molecular flexibility index (Phi) is 11.6. The van der Waals surface area contributed by atoms with E-state index in [1.807, 2.05) is 0 Å². The first kappa shape index (κ1) is 23.1. The third-order valence-electron chi connectivity index (χ3n) is 3.40. The summed E-state index contributed by atoms with van der Waals surface area (Å²) in [6.45, 7) is 0.425. The zero-order chi connectivity index (χ0) is 19.4. The summed E-state index contributed by atoms with van der Waals surface area (Å²) in [6, 6.07) is -3.29. The van der Waals surface area contributed by atoms with Gasteiger partial charge in [0.2, 0.25) is 11.8 Å². The lowest BCUT2D eigenvalue weighted by Gasteiger charge is -2.20. The summed E-state index contributed by atoms with van der Waals surface area (Å²) in [7, 11) is 0. The van der Waals surface area contributed by atoms with Gasteiger partial charge >= 0.3 is 11.9 Å². The minimum atomic E-state index is -1.22. The second kappa shape index (κ2) is 12.5. The monoisotopic (exact) mass is 384 g/mol. The fraction of sp³-hybridized carbons (Fsp3) is 0.714. The third-order valence-corrected chi connectivity index (χ3v) is 3.76. The molecule has 0 unspecified atom stereocenters. The van der Waals surface area contributed by atoms with E-state index in [1.54, 1.807) is 0 Å². The molecule has 0 rings (SSSR count). The quantitative estimate of drug-likeness (QED) is 0.0846. The third kappa shape index (κ3) is 9.89. The van der Waals surface area contributed by atoms with Crippen molar-refractivity contribution in [2.75, 3.05) is 12.3 Å². The minimum absolute atomic E-state index is 0.0440. The van der Waals surface area contributed by atoms with Gasteiger partial charge in [-0.3, -0.25) is 14.4 Å². The van der Waals surface area contributed by atoms with Crippen LogP contribution in [0.3, 0.4) is 0 Å². The number of hydrogen-bond donors (Lipinski definition) is 7. The summed E-state index contributed by atoms with van der Waals surface area (Å²) >= 11 is 3.97. The molecular weight excluding hydrogens is 358 g/mol. The van der Waals surface area contributed by atoms with E-state index in [0.29, 0.717) is 19.4 Å². The first-order valence-electron chi connectivity index (χ1n) is 7.84. The molecule has 0 bridgehead atoms. The van der Waals surface area contributed by atoms with Gasteiger partial charge in [-0.15, -0.1) is 0 Å². The van der Waals surface area contributed by atoms with Crippen molar-refractivity contribution >= 4 is 36.4 Å². The van der Waals surface area contributed by atoms with Crippen molar-refractivity contribution in [1.29, 1.82) is 0 Å². The number of carbonyl (C=O) groups is 4. The summed E-state index contributed by atoms with van der Waals surface area (Å²) in [5.74, 6) is -3.69. The molecule has 10 nitrogen and oxygen atoms in total. The molecule has 144 valence electrons. The Balaban J connectivity index is 4.54. The van der Waals surface area contributed by atoms with Gasteiger partial charge in [0.1, 0.15) is 18.1 Å². The van der Waals surface area contributed by atoms with Crippen LogP contribution >= 0.6 is 12.6 Å². The fourth-order valence-corrected chi connectivity index (χ4v) is 2.15. The standard InChI is InChI=1S/C14H26N4O6S/c15-6-2-1-3-9(14(23)24)18-12(20)10(7-25)17-11(19)5-4-8(16)13(21)22/h8-10,25H,1-7,15-16H2,(H,17,19)(H,18,20)(H,21,22)(H,23,24)/t8-,9+,10-/m0/s1/i4+1,5+1,8+1,11+1,13+1,16+1. The zero-order valence-corrected chi connectivity index (χ0v) is 14.7. The number of carbonyl (C=O) groups excluding carboxylic acids is 2. The van der Waals surface area contributed by atoms with E-state index in [-0.39, 0.29) is 25.0 Å². The van der Waals surface area contributed by atoms with Crippen molar-refractivity contribution in [3.8, 4) is 0 Å². The molecule has 3 atom stereocenters. The van der Waals surface area contributed by atoms with Crippen molar-refractivity contribution in [3.63, 3.8) is 0 Å². The van der Waals surface area contributed by atoms with Crippen LogP contribution in [0.15, 0.2) is 0 Å². The molecule has 11 heteroatoms. The van der Waals surface area contributed by atoms with Gasteiger partial charge in [0.05, 0.1) is 0 Å². The molecule has 0 heterocycles. The van der Waals surface area contributed by atoms with E-state index < -0.39 is 41.9 Å². The summed E-state index contributed by atoms with van der Waals surface area (Å²) < 4.78 is 0. The van der Waals surface area contributed by atoms with Crippen LogP contribution in [-0.4, -0.2) is 64.4 Å². The van der Waals surface area contributed by atoms with Gasteiger partial charge in [0, 0.05) is 12.2 Å². The van der Waals surface area contributed by atoms with E-state index in [2.05, 4.69) is 23.3 Å². The molecule has 0 aliphatic carbocycles. The summed E-state index contributed by atoms with van der Waals surface area (Å²) in [6.07, 6.45) is 1.14. The molecule has 25 heavy (non-hydrogen) atoms. The highest BCUT2D eigenvalue weighted by atomic mass is 32.1. The Hall–Kier alpha value is -1.85. The van der Waals surface area contributed by atoms with E-state index >= 15 is 0 Å². The molecule has 0 aliphatic heterocycles. The molecule has 0 saturated heterocycles. The molecule has 0 saturated carbocycles. The second-order valence-electron chi connectivity index (χ2n) is 5.47. The van der Waals surface area contributed by atoms with Crippen molar-refractivity contribution in [3.05, 3.63) is 0 Å². The number of carboxylic acid groups (broad SMARTS) is 2. The smallest absolute Gasteiger partial charge is 0.326 e. The number of unbranched alkanes of at least 4 members (excludes halogenated alkanes) is 1. The number of rotatable bonds is 13. The SMILES string of the molecule is NCCCC[C@@H](NC(=O)[C@H](CS)N[13C](=O)[13CH2][13CH2][13C@H]([15NH2])[13C](=O)O)C(=O)O. The Morgan fingerprint density at radius 1 is 0.960 bits per heavy atom. The lowest BCUT2D eigenvalue weighted by Crippen LogP contribution is -2.52. The molecule has 2 amide bonds. The Bertz CT molecular complexity index is 476. The maximum atomic E-state index is 12.1. The van der Waals surface area contributed by atoms with Crippen molar-refractivity contribution in [1.82, 2.24) is 10.6 Å². The normalized spacial score (nSPS) is 14.2. The maximum absolute atomic E-state index is 12.1. The number of nitrogens with two attached hydrogens (primary N) is 2. The number of thiol groups is 1. The molecular formula is C14H26N4O6S. The number of aliphatic carboxylic acids is 2. The molecule has 0 spiro atoms. The van der Waals surface area contributed by atoms with Crippen molar-refractivity contribution in [2.45, 2.75) is 50.2 Å². The zero-order valence-electron chi connectivity index (χ0n) is 13.8. The average molecular weight is 384 g/mol. The lowest BCUT2D eigenvalue weighted by molar-refractivity contribution is -0.142. The predicted molar refractivity (Wildman–Crippen MR) is 93.1 cm³/mol. The highest BCUT2D eigenvalue weighted by Crippen LogP contribution is 2.03. The van der Waals surface area contributed by atoms with E-state index in [1.165, 1.54) is 0 Å². The van der Waals surface area contributed by atoms with Crippen LogP contribution in [0, 0.1) is 0 Å². The van der Waals surface area contributed by atoms with Crippen molar-refractivity contribution in [2.24, 2.45) is 11.5 Å². The molecule has 8 N–H and O–H groups in total. The van der Waals surface area contributed by atoms with Gasteiger partial charge in [0.15, 0.2) is 0 Å². The van der Waals surface area contributed by atoms with Gasteiger partial charge < -0.3 is 32.3 Å². The first-order chi connectivity index (χ1) is 11.7. The van der Waals surface area contributed by atoms with Crippen LogP contribution in [0.25, 0.3) is 0 Å². The van der Waals surface area contributed by atoms with Gasteiger partial charge in [-0.25, -0.2) is 4.79 Å². The van der Waals surface area contributed by atoms with Gasteiger partial charge in [0.25, 0.3) is 0 Å². The molecule has 0 aromatic heterocycles. The van der Waals surface area contributed by atoms with Crippen molar-refractivity contribution < 1.29 is 29.4 Å². The fourth-order valence-electron chi connectivity index (χ4n) is 1.89. The molecule has 0 aliphatic rings. The van der Waals surface area contributed by atoms with Crippen LogP contribution in [-0.2, 0) is 19.2 Å². The summed E-state index contributed by atoms with van der Waals surface area (Å²) in [5.41, 5.74) is 10.6. The van der Waals surface area contributed by atoms with Gasteiger partial charge in [-0.2, -0.15) is 12.6 Å². The minimum Gasteiger partial charge on any atom is -0.480 e. The number of hydrogen-bond acceptors (Lipinski definition) is 7. The Morgan fingerprint density at radius 3 is 2.08 bits per heavy atom. The van der Waals surface area contributed by atoms with Crippen LogP contribution in [0.5, 0.6) is 0 Å². The number of nitrogens with one attached hydrogen (secondary N) is 2. The number of carboxylic acids is 2. The predicted octanol–water partition coefficient (Wildman–Crippen LogP) is -1.71.